The number of aromatic amines is 1. The highest BCUT2D eigenvalue weighted by Gasteiger charge is 2.38. The van der Waals surface area contributed by atoms with Crippen LogP contribution in [-0.4, -0.2) is 17.1 Å². The van der Waals surface area contributed by atoms with Gasteiger partial charge in [0.2, 0.25) is 0 Å². The minimum atomic E-state index is -0.134. The average molecular weight is 363 g/mol. The van der Waals surface area contributed by atoms with Crippen LogP contribution in [0, 0.1) is 5.41 Å². The molecule has 25 heavy (non-hydrogen) atoms. The van der Waals surface area contributed by atoms with Gasteiger partial charge in [0, 0.05) is 17.6 Å². The zero-order chi connectivity index (χ0) is 18.0. The van der Waals surface area contributed by atoms with E-state index in [1.165, 1.54) is 6.42 Å². The first-order valence-electron chi connectivity index (χ1n) is 9.18. The van der Waals surface area contributed by atoms with Crippen LogP contribution in [0.5, 0.6) is 5.75 Å². The van der Waals surface area contributed by atoms with Crippen molar-refractivity contribution in [2.24, 2.45) is 11.1 Å². The van der Waals surface area contributed by atoms with E-state index in [2.05, 4.69) is 18.8 Å². The van der Waals surface area contributed by atoms with E-state index in [9.17, 15) is 4.79 Å². The van der Waals surface area contributed by atoms with Gasteiger partial charge in [0.15, 0.2) is 0 Å². The molecule has 1 fully saturated rings. The molecule has 136 valence electrons. The lowest BCUT2D eigenvalue weighted by Crippen LogP contribution is -2.44. The quantitative estimate of drug-likeness (QED) is 0.814. The third-order valence-corrected chi connectivity index (χ3v) is 6.06. The molecule has 0 unspecified atom stereocenters. The SMILES string of the molecule is CCC[C@]1([C@@H](C)N)CC[C@H](Oc2cc3cc[nH]c(=O)c3cc2Cl)CC1. The number of halogens is 1. The Labute approximate surface area is 153 Å². The standard InChI is InChI=1S/C20H27ClN2O2/c1-3-7-20(13(2)22)8-4-15(5-9-20)25-18-11-14-6-10-23-19(24)16(14)12-17(18)21/h6,10-13,15H,3-5,7-9,22H2,1-2H3,(H,23,24)/t13-,15-,20-/m1/s1. The molecule has 0 radical (unpaired) electrons. The monoisotopic (exact) mass is 362 g/mol. The van der Waals surface area contributed by atoms with E-state index in [1.54, 1.807) is 12.3 Å². The molecule has 3 rings (SSSR count). The first-order chi connectivity index (χ1) is 11.9. The van der Waals surface area contributed by atoms with Crippen LogP contribution in [0.1, 0.15) is 52.4 Å². The van der Waals surface area contributed by atoms with E-state index in [4.69, 9.17) is 22.1 Å². The normalized spacial score (nSPS) is 25.0. The van der Waals surface area contributed by atoms with Crippen molar-refractivity contribution in [3.05, 3.63) is 39.8 Å². The highest BCUT2D eigenvalue weighted by Crippen LogP contribution is 2.44. The molecule has 1 heterocycles. The second-order valence-electron chi connectivity index (χ2n) is 7.39. The Morgan fingerprint density at radius 3 is 2.76 bits per heavy atom. The van der Waals surface area contributed by atoms with Crippen molar-refractivity contribution >= 4 is 22.4 Å². The summed E-state index contributed by atoms with van der Waals surface area (Å²) < 4.78 is 6.20. The molecule has 1 aromatic heterocycles. The summed E-state index contributed by atoms with van der Waals surface area (Å²) in [5.41, 5.74) is 6.40. The van der Waals surface area contributed by atoms with Crippen LogP contribution in [0.25, 0.3) is 10.8 Å². The second-order valence-corrected chi connectivity index (χ2v) is 7.80. The van der Waals surface area contributed by atoms with Gasteiger partial charge in [-0.15, -0.1) is 0 Å². The Morgan fingerprint density at radius 2 is 2.12 bits per heavy atom. The third kappa shape index (κ3) is 3.70. The molecule has 2 aromatic rings. The smallest absolute Gasteiger partial charge is 0.255 e. The fourth-order valence-electron chi connectivity index (χ4n) is 4.17. The van der Waals surface area contributed by atoms with Gasteiger partial charge in [-0.25, -0.2) is 0 Å². The highest BCUT2D eigenvalue weighted by molar-refractivity contribution is 6.32. The van der Waals surface area contributed by atoms with E-state index >= 15 is 0 Å². The molecule has 3 N–H and O–H groups in total. The maximum atomic E-state index is 11.9. The summed E-state index contributed by atoms with van der Waals surface area (Å²) >= 11 is 6.35. The lowest BCUT2D eigenvalue weighted by Gasteiger charge is -2.43. The maximum Gasteiger partial charge on any atom is 0.255 e. The lowest BCUT2D eigenvalue weighted by molar-refractivity contribution is 0.0580. The molecule has 1 aliphatic rings. The minimum absolute atomic E-state index is 0.134. The van der Waals surface area contributed by atoms with Crippen LogP contribution >= 0.6 is 11.6 Å². The van der Waals surface area contributed by atoms with E-state index < -0.39 is 0 Å². The molecule has 1 aromatic carbocycles. The molecular formula is C20H27ClN2O2. The molecule has 1 aliphatic carbocycles. The van der Waals surface area contributed by atoms with E-state index in [0.29, 0.717) is 16.2 Å². The van der Waals surface area contributed by atoms with Crippen molar-refractivity contribution in [2.45, 2.75) is 64.5 Å². The summed E-state index contributed by atoms with van der Waals surface area (Å²) in [5.74, 6) is 0.661. The number of fused-ring (bicyclic) bond motifs is 1. The van der Waals surface area contributed by atoms with Gasteiger partial charge < -0.3 is 15.5 Å². The first-order valence-corrected chi connectivity index (χ1v) is 9.56. The van der Waals surface area contributed by atoms with Gasteiger partial charge in [0.05, 0.1) is 11.1 Å². The zero-order valence-corrected chi connectivity index (χ0v) is 15.7. The number of aromatic nitrogens is 1. The largest absolute Gasteiger partial charge is 0.489 e. The third-order valence-electron chi connectivity index (χ3n) is 5.76. The van der Waals surface area contributed by atoms with Crippen LogP contribution in [0.15, 0.2) is 29.2 Å². The average Bonchev–Trinajstić information content (AvgIpc) is 2.58. The van der Waals surface area contributed by atoms with Gasteiger partial charge in [-0.2, -0.15) is 0 Å². The van der Waals surface area contributed by atoms with Crippen molar-refractivity contribution in [3.63, 3.8) is 0 Å². The van der Waals surface area contributed by atoms with Gasteiger partial charge in [-0.1, -0.05) is 24.9 Å². The fraction of sp³-hybridized carbons (Fsp3) is 0.550. The van der Waals surface area contributed by atoms with Crippen molar-refractivity contribution in [1.29, 1.82) is 0 Å². The molecule has 1 atom stereocenters. The Balaban J connectivity index is 1.75. The topological polar surface area (TPSA) is 68.1 Å². The molecule has 0 bridgehead atoms. The summed E-state index contributed by atoms with van der Waals surface area (Å²) in [6.45, 7) is 4.36. The molecule has 0 spiro atoms. The molecule has 0 amide bonds. The van der Waals surface area contributed by atoms with Gasteiger partial charge in [0.25, 0.3) is 5.56 Å². The predicted molar refractivity (Wildman–Crippen MR) is 103 cm³/mol. The summed E-state index contributed by atoms with van der Waals surface area (Å²) in [5, 5.41) is 1.92. The van der Waals surface area contributed by atoms with E-state index in [-0.39, 0.29) is 23.1 Å². The summed E-state index contributed by atoms with van der Waals surface area (Å²) in [7, 11) is 0. The van der Waals surface area contributed by atoms with Crippen molar-refractivity contribution in [2.75, 3.05) is 0 Å². The number of benzene rings is 1. The van der Waals surface area contributed by atoms with Crippen molar-refractivity contribution in [1.82, 2.24) is 4.98 Å². The molecule has 4 nitrogen and oxygen atoms in total. The molecule has 0 saturated heterocycles. The number of hydrogen-bond donors (Lipinski definition) is 2. The maximum absolute atomic E-state index is 11.9. The van der Waals surface area contributed by atoms with Crippen molar-refractivity contribution in [3.8, 4) is 5.75 Å². The van der Waals surface area contributed by atoms with Gasteiger partial charge in [-0.05, 0) is 68.0 Å². The zero-order valence-electron chi connectivity index (χ0n) is 15.0. The Morgan fingerprint density at radius 1 is 1.40 bits per heavy atom. The molecular weight excluding hydrogens is 336 g/mol. The second kappa shape index (κ2) is 7.38. The van der Waals surface area contributed by atoms with Crippen LogP contribution in [0.2, 0.25) is 5.02 Å². The van der Waals surface area contributed by atoms with Gasteiger partial charge in [-0.3, -0.25) is 4.79 Å². The van der Waals surface area contributed by atoms with Crippen LogP contribution in [-0.2, 0) is 0 Å². The van der Waals surface area contributed by atoms with E-state index in [0.717, 1.165) is 37.5 Å². The van der Waals surface area contributed by atoms with Crippen molar-refractivity contribution < 1.29 is 4.74 Å². The number of ether oxygens (including phenoxy) is 1. The Kier molecular flexibility index (Phi) is 5.40. The summed E-state index contributed by atoms with van der Waals surface area (Å²) in [4.78, 5) is 14.5. The Hall–Kier alpha value is -1.52. The van der Waals surface area contributed by atoms with Gasteiger partial charge >= 0.3 is 0 Å². The van der Waals surface area contributed by atoms with Crippen LogP contribution < -0.4 is 16.0 Å². The fourth-order valence-corrected chi connectivity index (χ4v) is 4.38. The number of nitrogens with one attached hydrogen (secondary N) is 1. The predicted octanol–water partition coefficient (Wildman–Crippen LogP) is 4.64. The van der Waals surface area contributed by atoms with Crippen LogP contribution in [0.3, 0.4) is 0 Å². The molecule has 5 heteroatoms. The summed E-state index contributed by atoms with van der Waals surface area (Å²) in [6.07, 6.45) is 8.30. The number of pyridine rings is 1. The minimum Gasteiger partial charge on any atom is -0.489 e. The number of H-pyrrole nitrogens is 1. The van der Waals surface area contributed by atoms with Crippen LogP contribution in [0.4, 0.5) is 0 Å². The lowest BCUT2D eigenvalue weighted by atomic mass is 9.66. The highest BCUT2D eigenvalue weighted by atomic mass is 35.5. The number of rotatable bonds is 5. The number of hydrogen-bond acceptors (Lipinski definition) is 3. The molecule has 0 aliphatic heterocycles. The number of nitrogens with two attached hydrogens (primary N) is 1. The first kappa shape index (κ1) is 18.3. The van der Waals surface area contributed by atoms with Gasteiger partial charge in [0.1, 0.15) is 5.75 Å². The molecule has 1 saturated carbocycles. The summed E-state index contributed by atoms with van der Waals surface area (Å²) in [6, 6.07) is 5.64. The van der Waals surface area contributed by atoms with E-state index in [1.807, 2.05) is 12.1 Å². The Bertz CT molecular complexity index is 792.